The highest BCUT2D eigenvalue weighted by molar-refractivity contribution is 6.20. The van der Waals surface area contributed by atoms with E-state index < -0.39 is 0 Å². The molecule has 1 heteroatoms. The van der Waals surface area contributed by atoms with E-state index in [4.69, 9.17) is 0 Å². The summed E-state index contributed by atoms with van der Waals surface area (Å²) in [4.78, 5) is 0. The van der Waals surface area contributed by atoms with E-state index in [1.54, 1.807) is 11.1 Å². The molecule has 0 heterocycles. The molecule has 0 fully saturated rings. The second-order valence-electron chi connectivity index (χ2n) is 5.31. The van der Waals surface area contributed by atoms with Crippen molar-refractivity contribution in [2.75, 3.05) is 0 Å². The van der Waals surface area contributed by atoms with Crippen LogP contribution < -0.4 is 0 Å². The maximum atomic E-state index is 2.39. The third-order valence-electron chi connectivity index (χ3n) is 4.28. The Morgan fingerprint density at radius 2 is 1.67 bits per heavy atom. The topological polar surface area (TPSA) is 0 Å². The average Bonchev–Trinajstić information content (AvgIpc) is 2.34. The highest BCUT2D eigenvalue weighted by atomic mass is 28.1. The lowest BCUT2D eigenvalue weighted by Crippen LogP contribution is -2.20. The van der Waals surface area contributed by atoms with Gasteiger partial charge in [0.1, 0.15) is 0 Å². The zero-order chi connectivity index (χ0) is 11.4. The first kappa shape index (κ1) is 10.7. The number of fused-ring (bicyclic) bond motifs is 1. The molecule has 0 nitrogen and oxygen atoms in total. The van der Waals surface area contributed by atoms with Crippen molar-refractivity contribution in [2.24, 2.45) is 0 Å². The number of benzene rings is 1. The van der Waals surface area contributed by atoms with E-state index in [1.807, 2.05) is 0 Å². The molecule has 1 aromatic carbocycles. The Balaban J connectivity index is 2.82. The van der Waals surface area contributed by atoms with Crippen LogP contribution in [0.15, 0.2) is 17.7 Å². The van der Waals surface area contributed by atoms with E-state index in [0.29, 0.717) is 5.04 Å². The highest BCUT2D eigenvalue weighted by Gasteiger charge is 2.34. The molecule has 0 aliphatic heterocycles. The molecule has 0 saturated heterocycles. The second-order valence-corrected chi connectivity index (χ2v) is 7.31. The standard InChI is InChI=1S/C14H20Si/c1-8-6-7-12-13(9(8)2)10(3)11(4)14(12,5)15/h6-7H,1-5,15H3. The van der Waals surface area contributed by atoms with Gasteiger partial charge in [-0.2, -0.15) is 0 Å². The Morgan fingerprint density at radius 3 is 2.27 bits per heavy atom. The Morgan fingerprint density at radius 1 is 1.07 bits per heavy atom. The Bertz CT molecular complexity index is 464. The summed E-state index contributed by atoms with van der Waals surface area (Å²) in [6.07, 6.45) is 0. The Kier molecular flexibility index (Phi) is 2.20. The van der Waals surface area contributed by atoms with Crippen LogP contribution in [0.25, 0.3) is 5.57 Å². The summed E-state index contributed by atoms with van der Waals surface area (Å²) in [6.45, 7) is 11.4. The minimum Gasteiger partial charge on any atom is -0.0633 e. The minimum absolute atomic E-state index is 0.359. The fourth-order valence-corrected chi connectivity index (χ4v) is 3.47. The Hall–Kier alpha value is -0.823. The molecule has 1 aliphatic carbocycles. The normalized spacial score (nSPS) is 24.9. The first-order valence-electron chi connectivity index (χ1n) is 5.66. The molecule has 1 atom stereocenters. The summed E-state index contributed by atoms with van der Waals surface area (Å²) < 4.78 is 0. The quantitative estimate of drug-likeness (QED) is 0.585. The zero-order valence-corrected chi connectivity index (χ0v) is 12.7. The van der Waals surface area contributed by atoms with Gasteiger partial charge in [0, 0.05) is 10.2 Å². The molecular weight excluding hydrogens is 196 g/mol. The lowest BCUT2D eigenvalue weighted by Gasteiger charge is -2.23. The van der Waals surface area contributed by atoms with Gasteiger partial charge in [-0.25, -0.2) is 0 Å². The predicted octanol–water partition coefficient (Wildman–Crippen LogP) is 2.69. The third-order valence-corrected chi connectivity index (χ3v) is 5.57. The summed E-state index contributed by atoms with van der Waals surface area (Å²) in [5.41, 5.74) is 9.09. The van der Waals surface area contributed by atoms with Crippen LogP contribution in [0.4, 0.5) is 0 Å². The summed E-state index contributed by atoms with van der Waals surface area (Å²) >= 11 is 0. The summed E-state index contributed by atoms with van der Waals surface area (Å²) in [5.74, 6) is 0. The van der Waals surface area contributed by atoms with Crippen LogP contribution in [0.3, 0.4) is 0 Å². The van der Waals surface area contributed by atoms with Crippen LogP contribution in [-0.2, 0) is 5.04 Å². The lowest BCUT2D eigenvalue weighted by molar-refractivity contribution is 0.816. The molecule has 1 unspecified atom stereocenters. The molecule has 2 rings (SSSR count). The van der Waals surface area contributed by atoms with Gasteiger partial charge in [-0.1, -0.05) is 24.6 Å². The van der Waals surface area contributed by atoms with E-state index in [1.165, 1.54) is 32.5 Å². The fourth-order valence-electron chi connectivity index (χ4n) is 2.68. The van der Waals surface area contributed by atoms with Crippen LogP contribution in [0.1, 0.15) is 43.0 Å². The molecule has 1 aliphatic rings. The SMILES string of the molecule is CC1=C(C)C(C)([SiH3])c2ccc(C)c(C)c21. The molecule has 15 heavy (non-hydrogen) atoms. The van der Waals surface area contributed by atoms with Crippen LogP contribution in [-0.4, -0.2) is 10.2 Å². The maximum absolute atomic E-state index is 2.39. The average molecular weight is 216 g/mol. The van der Waals surface area contributed by atoms with Gasteiger partial charge in [-0.15, -0.1) is 0 Å². The first-order chi connectivity index (χ1) is 6.87. The molecule has 1 aromatic rings. The highest BCUT2D eigenvalue weighted by Crippen LogP contribution is 2.45. The monoisotopic (exact) mass is 216 g/mol. The zero-order valence-electron chi connectivity index (χ0n) is 10.7. The fraction of sp³-hybridized carbons (Fsp3) is 0.429. The van der Waals surface area contributed by atoms with Gasteiger partial charge < -0.3 is 0 Å². The number of hydrogen-bond acceptors (Lipinski definition) is 0. The summed E-state index contributed by atoms with van der Waals surface area (Å²) in [6, 6.07) is 4.61. The third kappa shape index (κ3) is 1.26. The predicted molar refractivity (Wildman–Crippen MR) is 71.5 cm³/mol. The lowest BCUT2D eigenvalue weighted by atomic mass is 9.93. The number of allylic oxidation sites excluding steroid dienone is 2. The molecule has 0 saturated carbocycles. The first-order valence-corrected chi connectivity index (χ1v) is 6.66. The van der Waals surface area contributed by atoms with Crippen molar-refractivity contribution >= 4 is 15.8 Å². The van der Waals surface area contributed by atoms with Gasteiger partial charge in [0.25, 0.3) is 0 Å². The number of rotatable bonds is 0. The van der Waals surface area contributed by atoms with Gasteiger partial charge in [0.05, 0.1) is 0 Å². The van der Waals surface area contributed by atoms with Crippen LogP contribution in [0.2, 0.25) is 0 Å². The van der Waals surface area contributed by atoms with Crippen LogP contribution in [0, 0.1) is 13.8 Å². The molecule has 0 aromatic heterocycles. The van der Waals surface area contributed by atoms with Crippen molar-refractivity contribution in [1.82, 2.24) is 0 Å². The maximum Gasteiger partial charge on any atom is 0.0210 e. The van der Waals surface area contributed by atoms with Crippen molar-refractivity contribution in [2.45, 2.75) is 39.7 Å². The summed E-state index contributed by atoms with van der Waals surface area (Å²) in [5, 5.41) is 0.359. The van der Waals surface area contributed by atoms with Gasteiger partial charge in [-0.3, -0.25) is 0 Å². The molecular formula is C14H20Si. The number of hydrogen-bond donors (Lipinski definition) is 0. The molecule has 80 valence electrons. The van der Waals surface area contributed by atoms with Crippen molar-refractivity contribution in [3.05, 3.63) is 40.0 Å². The molecule has 0 bridgehead atoms. The van der Waals surface area contributed by atoms with Gasteiger partial charge in [0.2, 0.25) is 0 Å². The number of aryl methyl sites for hydroxylation is 1. The molecule has 0 amide bonds. The molecule has 0 N–H and O–H groups in total. The smallest absolute Gasteiger partial charge is 0.0210 e. The molecule has 0 radical (unpaired) electrons. The van der Waals surface area contributed by atoms with Gasteiger partial charge >= 0.3 is 0 Å². The molecule has 0 spiro atoms. The van der Waals surface area contributed by atoms with Crippen LogP contribution in [0.5, 0.6) is 0 Å². The Labute approximate surface area is 95.8 Å². The second kappa shape index (κ2) is 3.08. The minimum atomic E-state index is 0.359. The van der Waals surface area contributed by atoms with Crippen molar-refractivity contribution in [3.63, 3.8) is 0 Å². The van der Waals surface area contributed by atoms with E-state index in [2.05, 4.69) is 46.8 Å². The largest absolute Gasteiger partial charge is 0.0633 e. The van der Waals surface area contributed by atoms with Gasteiger partial charge in [0.15, 0.2) is 0 Å². The van der Waals surface area contributed by atoms with Gasteiger partial charge in [-0.05, 0) is 60.6 Å². The van der Waals surface area contributed by atoms with Crippen molar-refractivity contribution < 1.29 is 0 Å². The van der Waals surface area contributed by atoms with E-state index >= 15 is 0 Å². The van der Waals surface area contributed by atoms with Crippen molar-refractivity contribution in [1.29, 1.82) is 0 Å². The van der Waals surface area contributed by atoms with E-state index in [9.17, 15) is 0 Å². The van der Waals surface area contributed by atoms with E-state index in [0.717, 1.165) is 0 Å². The van der Waals surface area contributed by atoms with E-state index in [-0.39, 0.29) is 0 Å². The van der Waals surface area contributed by atoms with Crippen molar-refractivity contribution in [3.8, 4) is 0 Å². The van der Waals surface area contributed by atoms with Crippen LogP contribution >= 0.6 is 0 Å². The summed E-state index contributed by atoms with van der Waals surface area (Å²) in [7, 11) is 1.20.